The van der Waals surface area contributed by atoms with Crippen molar-refractivity contribution in [1.29, 1.82) is 0 Å². The third-order valence-corrected chi connectivity index (χ3v) is 4.24. The van der Waals surface area contributed by atoms with E-state index in [0.29, 0.717) is 12.8 Å². The van der Waals surface area contributed by atoms with Gasteiger partial charge in [-0.05, 0) is 37.3 Å². The summed E-state index contributed by atoms with van der Waals surface area (Å²) in [7, 11) is 0. The summed E-state index contributed by atoms with van der Waals surface area (Å²) in [5.41, 5.74) is -2.04. The quantitative estimate of drug-likeness (QED) is 0.823. The predicted octanol–water partition coefficient (Wildman–Crippen LogP) is 2.81. The summed E-state index contributed by atoms with van der Waals surface area (Å²) in [6.45, 7) is 0. The zero-order chi connectivity index (χ0) is 13.7. The van der Waals surface area contributed by atoms with Crippen LogP contribution in [0.2, 0.25) is 0 Å². The number of hydrogen-bond donors (Lipinski definition) is 2. The van der Waals surface area contributed by atoms with Crippen LogP contribution < -0.4 is 5.32 Å². The van der Waals surface area contributed by atoms with Gasteiger partial charge in [0.15, 0.2) is 0 Å². The Kier molecular flexibility index (Phi) is 2.87. The van der Waals surface area contributed by atoms with Crippen LogP contribution in [0.3, 0.4) is 0 Å². The average molecular weight is 271 g/mol. The van der Waals surface area contributed by atoms with Crippen molar-refractivity contribution >= 4 is 0 Å². The number of rotatable bonds is 1. The normalized spacial score (nSPS) is 34.5. The fraction of sp³-hybridized carbons (Fsp3) is 0.571. The lowest BCUT2D eigenvalue weighted by Crippen LogP contribution is -2.47. The van der Waals surface area contributed by atoms with Gasteiger partial charge in [-0.25, -0.2) is 0 Å². The first-order chi connectivity index (χ1) is 8.88. The molecule has 2 aliphatic heterocycles. The minimum Gasteiger partial charge on any atom is -0.385 e. The van der Waals surface area contributed by atoms with E-state index in [1.54, 1.807) is 6.07 Å². The lowest BCUT2D eigenvalue weighted by Gasteiger charge is -2.38. The van der Waals surface area contributed by atoms with Gasteiger partial charge >= 0.3 is 6.18 Å². The first kappa shape index (κ1) is 12.9. The van der Waals surface area contributed by atoms with Crippen molar-refractivity contribution in [3.05, 3.63) is 35.4 Å². The van der Waals surface area contributed by atoms with Gasteiger partial charge in [0.25, 0.3) is 0 Å². The number of piperidine rings is 1. The molecule has 0 saturated carbocycles. The number of aliphatic hydroxyl groups is 1. The molecule has 1 aromatic carbocycles. The van der Waals surface area contributed by atoms with Crippen LogP contribution >= 0.6 is 0 Å². The molecule has 0 aromatic heterocycles. The summed E-state index contributed by atoms with van der Waals surface area (Å²) in [4.78, 5) is 0. The predicted molar refractivity (Wildman–Crippen MR) is 64.5 cm³/mol. The van der Waals surface area contributed by atoms with Crippen molar-refractivity contribution in [2.24, 2.45) is 0 Å². The topological polar surface area (TPSA) is 32.3 Å². The fourth-order valence-electron chi connectivity index (χ4n) is 3.48. The second-order valence-electron chi connectivity index (χ2n) is 5.62. The molecule has 0 radical (unpaired) electrons. The summed E-state index contributed by atoms with van der Waals surface area (Å²) in [6, 6.07) is 5.65. The number of fused-ring (bicyclic) bond motifs is 2. The van der Waals surface area contributed by atoms with Crippen LogP contribution in [-0.2, 0) is 11.8 Å². The van der Waals surface area contributed by atoms with Crippen LogP contribution in [0, 0.1) is 0 Å². The van der Waals surface area contributed by atoms with E-state index in [1.165, 1.54) is 12.1 Å². The molecule has 2 atom stereocenters. The van der Waals surface area contributed by atoms with E-state index in [1.807, 2.05) is 0 Å². The van der Waals surface area contributed by atoms with E-state index in [4.69, 9.17) is 0 Å². The molecule has 5 heteroatoms. The molecule has 3 rings (SSSR count). The van der Waals surface area contributed by atoms with Gasteiger partial charge in [0.1, 0.15) is 0 Å². The SMILES string of the molecule is OC1(c2ccccc2C(F)(F)F)CC2CCC(C1)N2. The maximum absolute atomic E-state index is 13.1. The summed E-state index contributed by atoms with van der Waals surface area (Å²) in [6.07, 6.45) is -1.84. The van der Waals surface area contributed by atoms with Crippen molar-refractivity contribution in [3.63, 3.8) is 0 Å². The molecule has 2 aliphatic rings. The fourth-order valence-corrected chi connectivity index (χ4v) is 3.48. The molecule has 2 fully saturated rings. The zero-order valence-corrected chi connectivity index (χ0v) is 10.4. The van der Waals surface area contributed by atoms with E-state index in [2.05, 4.69) is 5.32 Å². The van der Waals surface area contributed by atoms with E-state index in [0.717, 1.165) is 18.9 Å². The lowest BCUT2D eigenvalue weighted by molar-refractivity contribution is -0.141. The van der Waals surface area contributed by atoms with Gasteiger partial charge in [-0.2, -0.15) is 13.2 Å². The number of halogens is 3. The minimum absolute atomic E-state index is 0.0286. The largest absolute Gasteiger partial charge is 0.416 e. The van der Waals surface area contributed by atoms with Crippen molar-refractivity contribution in [1.82, 2.24) is 5.32 Å². The Morgan fingerprint density at radius 2 is 1.68 bits per heavy atom. The Balaban J connectivity index is 2.02. The monoisotopic (exact) mass is 271 g/mol. The summed E-state index contributed by atoms with van der Waals surface area (Å²) in [5, 5.41) is 14.1. The highest BCUT2D eigenvalue weighted by molar-refractivity contribution is 5.35. The molecule has 2 N–H and O–H groups in total. The van der Waals surface area contributed by atoms with Crippen LogP contribution in [0.4, 0.5) is 13.2 Å². The molecule has 104 valence electrons. The molecular formula is C14H16F3NO. The van der Waals surface area contributed by atoms with Crippen molar-refractivity contribution in [2.45, 2.75) is 49.5 Å². The van der Waals surface area contributed by atoms with Gasteiger partial charge in [-0.1, -0.05) is 18.2 Å². The average Bonchev–Trinajstić information content (AvgIpc) is 2.68. The second-order valence-corrected chi connectivity index (χ2v) is 5.62. The molecule has 0 spiro atoms. The van der Waals surface area contributed by atoms with Crippen LogP contribution in [0.15, 0.2) is 24.3 Å². The van der Waals surface area contributed by atoms with Crippen molar-refractivity contribution in [3.8, 4) is 0 Å². The summed E-state index contributed by atoms with van der Waals surface area (Å²) in [5.74, 6) is 0. The number of alkyl halides is 3. The third-order valence-electron chi connectivity index (χ3n) is 4.24. The molecular weight excluding hydrogens is 255 g/mol. The highest BCUT2D eigenvalue weighted by Crippen LogP contribution is 2.45. The molecule has 2 heterocycles. The van der Waals surface area contributed by atoms with Gasteiger partial charge in [0.2, 0.25) is 0 Å². The maximum Gasteiger partial charge on any atom is 0.416 e. The first-order valence-corrected chi connectivity index (χ1v) is 6.54. The van der Waals surface area contributed by atoms with Gasteiger partial charge in [0, 0.05) is 12.1 Å². The summed E-state index contributed by atoms with van der Waals surface area (Å²) < 4.78 is 39.2. The molecule has 1 aromatic rings. The second kappa shape index (κ2) is 4.21. The highest BCUT2D eigenvalue weighted by Gasteiger charge is 2.47. The van der Waals surface area contributed by atoms with Crippen LogP contribution in [0.5, 0.6) is 0 Å². The smallest absolute Gasteiger partial charge is 0.385 e. The molecule has 2 saturated heterocycles. The van der Waals surface area contributed by atoms with Gasteiger partial charge in [0.05, 0.1) is 11.2 Å². The molecule has 19 heavy (non-hydrogen) atoms. The number of benzene rings is 1. The third kappa shape index (κ3) is 2.25. The van der Waals surface area contributed by atoms with Crippen LogP contribution in [-0.4, -0.2) is 17.2 Å². The molecule has 0 aliphatic carbocycles. The minimum atomic E-state index is -4.42. The zero-order valence-electron chi connectivity index (χ0n) is 10.4. The molecule has 0 amide bonds. The molecule has 2 nitrogen and oxygen atoms in total. The maximum atomic E-state index is 13.1. The Labute approximate surface area is 109 Å². The van der Waals surface area contributed by atoms with E-state index in [-0.39, 0.29) is 17.6 Å². The van der Waals surface area contributed by atoms with E-state index < -0.39 is 17.3 Å². The van der Waals surface area contributed by atoms with E-state index in [9.17, 15) is 18.3 Å². The number of hydrogen-bond acceptors (Lipinski definition) is 2. The molecule has 2 bridgehead atoms. The molecule has 2 unspecified atom stereocenters. The van der Waals surface area contributed by atoms with Crippen LogP contribution in [0.25, 0.3) is 0 Å². The highest BCUT2D eigenvalue weighted by atomic mass is 19.4. The Bertz CT molecular complexity index is 474. The Morgan fingerprint density at radius 1 is 1.11 bits per heavy atom. The lowest BCUT2D eigenvalue weighted by atomic mass is 9.79. The van der Waals surface area contributed by atoms with Crippen LogP contribution in [0.1, 0.15) is 36.8 Å². The van der Waals surface area contributed by atoms with Crippen molar-refractivity contribution < 1.29 is 18.3 Å². The first-order valence-electron chi connectivity index (χ1n) is 6.54. The van der Waals surface area contributed by atoms with Gasteiger partial charge < -0.3 is 10.4 Å². The Hall–Kier alpha value is -1.07. The summed E-state index contributed by atoms with van der Waals surface area (Å²) >= 11 is 0. The van der Waals surface area contributed by atoms with Gasteiger partial charge in [-0.15, -0.1) is 0 Å². The number of nitrogens with one attached hydrogen (secondary N) is 1. The van der Waals surface area contributed by atoms with Crippen molar-refractivity contribution in [2.75, 3.05) is 0 Å². The Morgan fingerprint density at radius 3 is 2.26 bits per heavy atom. The van der Waals surface area contributed by atoms with Gasteiger partial charge in [-0.3, -0.25) is 0 Å². The standard InChI is InChI=1S/C14H16F3NO/c15-14(16,17)12-4-2-1-3-11(12)13(19)7-9-5-6-10(8-13)18-9/h1-4,9-10,18-19H,5-8H2. The van der Waals surface area contributed by atoms with E-state index >= 15 is 0 Å².